The molecule has 0 spiro atoms. The molecule has 0 atom stereocenters. The largest absolute Gasteiger partial charge is 0.483 e. The molecule has 0 saturated heterocycles. The van der Waals surface area contributed by atoms with Crippen LogP contribution in [-0.2, 0) is 11.4 Å². The van der Waals surface area contributed by atoms with Crippen LogP contribution < -0.4 is 10.1 Å². The number of rotatable bonds is 7. The highest BCUT2D eigenvalue weighted by Crippen LogP contribution is 2.25. The summed E-state index contributed by atoms with van der Waals surface area (Å²) in [4.78, 5) is 11.8. The highest BCUT2D eigenvalue weighted by atomic mass is 16.5. The molecule has 2 N–H and O–H groups in total. The summed E-state index contributed by atoms with van der Waals surface area (Å²) in [5, 5.41) is 12.1. The SMILES string of the molecule is O=C(COc1ccccc1CO)NCCC1CCCCC1. The molecule has 0 aromatic heterocycles. The van der Waals surface area contributed by atoms with E-state index in [1.54, 1.807) is 12.1 Å². The molecule has 0 bridgehead atoms. The van der Waals surface area contributed by atoms with E-state index < -0.39 is 0 Å². The van der Waals surface area contributed by atoms with E-state index >= 15 is 0 Å². The number of carbonyl (C=O) groups excluding carboxylic acids is 1. The van der Waals surface area contributed by atoms with Crippen LogP contribution in [0.1, 0.15) is 44.1 Å². The van der Waals surface area contributed by atoms with Crippen molar-refractivity contribution in [2.24, 2.45) is 5.92 Å². The summed E-state index contributed by atoms with van der Waals surface area (Å²) in [5.74, 6) is 1.25. The molecule has 1 aliphatic carbocycles. The average Bonchev–Trinajstić information content (AvgIpc) is 2.54. The highest BCUT2D eigenvalue weighted by Gasteiger charge is 2.13. The van der Waals surface area contributed by atoms with Gasteiger partial charge in [0.05, 0.1) is 6.61 Å². The van der Waals surface area contributed by atoms with Gasteiger partial charge in [0.25, 0.3) is 5.91 Å². The minimum absolute atomic E-state index is 0.00167. The third-order valence-corrected chi connectivity index (χ3v) is 4.10. The molecule has 1 fully saturated rings. The van der Waals surface area contributed by atoms with Crippen LogP contribution in [0.15, 0.2) is 24.3 Å². The number of carbonyl (C=O) groups is 1. The Kier molecular flexibility index (Phi) is 6.54. The van der Waals surface area contributed by atoms with E-state index in [-0.39, 0.29) is 19.1 Å². The maximum absolute atomic E-state index is 11.8. The minimum Gasteiger partial charge on any atom is -0.483 e. The number of aliphatic hydroxyl groups excluding tert-OH is 1. The Morgan fingerprint density at radius 3 is 2.76 bits per heavy atom. The summed E-state index contributed by atoms with van der Waals surface area (Å²) >= 11 is 0. The minimum atomic E-state index is -0.0986. The third kappa shape index (κ3) is 5.38. The first-order valence-corrected chi connectivity index (χ1v) is 7.88. The quantitative estimate of drug-likeness (QED) is 0.812. The molecule has 116 valence electrons. The van der Waals surface area contributed by atoms with Gasteiger partial charge in [-0.15, -0.1) is 0 Å². The fraction of sp³-hybridized carbons (Fsp3) is 0.588. The number of amides is 1. The number of hydrogen-bond acceptors (Lipinski definition) is 3. The smallest absolute Gasteiger partial charge is 0.257 e. The molecule has 0 radical (unpaired) electrons. The normalized spacial score (nSPS) is 15.7. The van der Waals surface area contributed by atoms with Crippen LogP contribution in [0.5, 0.6) is 5.75 Å². The second-order valence-corrected chi connectivity index (χ2v) is 5.70. The molecule has 1 aliphatic rings. The fourth-order valence-electron chi connectivity index (χ4n) is 2.86. The zero-order valence-corrected chi connectivity index (χ0v) is 12.5. The van der Waals surface area contributed by atoms with E-state index in [1.165, 1.54) is 32.1 Å². The Morgan fingerprint density at radius 1 is 1.24 bits per heavy atom. The van der Waals surface area contributed by atoms with Gasteiger partial charge in [0, 0.05) is 12.1 Å². The molecule has 4 nitrogen and oxygen atoms in total. The van der Waals surface area contributed by atoms with Gasteiger partial charge in [-0.05, 0) is 18.4 Å². The lowest BCUT2D eigenvalue weighted by atomic mass is 9.87. The molecular weight excluding hydrogens is 266 g/mol. The summed E-state index contributed by atoms with van der Waals surface area (Å²) in [7, 11) is 0. The number of para-hydroxylation sites is 1. The second-order valence-electron chi connectivity index (χ2n) is 5.70. The van der Waals surface area contributed by atoms with Gasteiger partial charge >= 0.3 is 0 Å². The number of nitrogens with one attached hydrogen (secondary N) is 1. The van der Waals surface area contributed by atoms with Crippen LogP contribution in [0.2, 0.25) is 0 Å². The zero-order chi connectivity index (χ0) is 14.9. The number of hydrogen-bond donors (Lipinski definition) is 2. The van der Waals surface area contributed by atoms with E-state index in [2.05, 4.69) is 5.32 Å². The van der Waals surface area contributed by atoms with Gasteiger partial charge in [-0.3, -0.25) is 4.79 Å². The lowest BCUT2D eigenvalue weighted by Crippen LogP contribution is -2.31. The predicted octanol–water partition coefficient (Wildman–Crippen LogP) is 2.64. The number of benzene rings is 1. The summed E-state index contributed by atoms with van der Waals surface area (Å²) in [5.41, 5.74) is 0.701. The van der Waals surface area contributed by atoms with Crippen LogP contribution in [-0.4, -0.2) is 24.2 Å². The molecule has 21 heavy (non-hydrogen) atoms. The molecule has 0 aliphatic heterocycles. The topological polar surface area (TPSA) is 58.6 Å². The van der Waals surface area contributed by atoms with E-state index in [4.69, 9.17) is 4.74 Å². The van der Waals surface area contributed by atoms with Crippen molar-refractivity contribution in [3.05, 3.63) is 29.8 Å². The second kappa shape index (κ2) is 8.67. The standard InChI is InChI=1S/C17H25NO3/c19-12-15-8-4-5-9-16(15)21-13-17(20)18-11-10-14-6-2-1-3-7-14/h4-5,8-9,14,19H,1-3,6-7,10-13H2,(H,18,20). The molecule has 1 saturated carbocycles. The highest BCUT2D eigenvalue weighted by molar-refractivity contribution is 5.77. The van der Waals surface area contributed by atoms with Crippen LogP contribution in [0.4, 0.5) is 0 Å². The zero-order valence-electron chi connectivity index (χ0n) is 12.5. The van der Waals surface area contributed by atoms with Crippen molar-refractivity contribution in [2.45, 2.75) is 45.1 Å². The molecule has 1 amide bonds. The van der Waals surface area contributed by atoms with E-state index in [9.17, 15) is 9.90 Å². The summed E-state index contributed by atoms with van der Waals surface area (Å²) < 4.78 is 5.46. The monoisotopic (exact) mass is 291 g/mol. The molecule has 2 rings (SSSR count). The van der Waals surface area contributed by atoms with Crippen LogP contribution in [0.3, 0.4) is 0 Å². The Morgan fingerprint density at radius 2 is 2.00 bits per heavy atom. The van der Waals surface area contributed by atoms with Gasteiger partial charge < -0.3 is 15.2 Å². The fourth-order valence-corrected chi connectivity index (χ4v) is 2.86. The van der Waals surface area contributed by atoms with E-state index in [0.29, 0.717) is 11.3 Å². The van der Waals surface area contributed by atoms with Crippen molar-refractivity contribution < 1.29 is 14.6 Å². The summed E-state index contributed by atoms with van der Waals surface area (Å²) in [6.07, 6.45) is 7.70. The first-order valence-electron chi connectivity index (χ1n) is 7.88. The van der Waals surface area contributed by atoms with Crippen LogP contribution >= 0.6 is 0 Å². The van der Waals surface area contributed by atoms with Crippen molar-refractivity contribution in [2.75, 3.05) is 13.2 Å². The summed E-state index contributed by atoms with van der Waals surface area (Å²) in [6, 6.07) is 7.22. The molecular formula is C17H25NO3. The van der Waals surface area contributed by atoms with Crippen molar-refractivity contribution in [1.82, 2.24) is 5.32 Å². The molecule has 0 heterocycles. The first-order chi connectivity index (χ1) is 10.3. The predicted molar refractivity (Wildman–Crippen MR) is 82.1 cm³/mol. The van der Waals surface area contributed by atoms with Crippen LogP contribution in [0, 0.1) is 5.92 Å². The Hall–Kier alpha value is -1.55. The molecule has 1 aromatic carbocycles. The van der Waals surface area contributed by atoms with Crippen molar-refractivity contribution in [3.63, 3.8) is 0 Å². The lowest BCUT2D eigenvalue weighted by molar-refractivity contribution is -0.123. The average molecular weight is 291 g/mol. The molecule has 1 aromatic rings. The number of ether oxygens (including phenoxy) is 1. The van der Waals surface area contributed by atoms with Gasteiger partial charge in [-0.25, -0.2) is 0 Å². The molecule has 0 unspecified atom stereocenters. The van der Waals surface area contributed by atoms with E-state index in [1.807, 2.05) is 12.1 Å². The molecule has 4 heteroatoms. The van der Waals surface area contributed by atoms with Crippen molar-refractivity contribution in [3.8, 4) is 5.75 Å². The van der Waals surface area contributed by atoms with Crippen molar-refractivity contribution >= 4 is 5.91 Å². The van der Waals surface area contributed by atoms with Gasteiger partial charge in [-0.2, -0.15) is 0 Å². The first kappa shape index (κ1) is 15.8. The maximum atomic E-state index is 11.8. The lowest BCUT2D eigenvalue weighted by Gasteiger charge is -2.21. The van der Waals surface area contributed by atoms with Gasteiger partial charge in [0.2, 0.25) is 0 Å². The Labute approximate surface area is 126 Å². The van der Waals surface area contributed by atoms with Crippen LogP contribution in [0.25, 0.3) is 0 Å². The van der Waals surface area contributed by atoms with Gasteiger partial charge in [0.1, 0.15) is 5.75 Å². The van der Waals surface area contributed by atoms with Gasteiger partial charge in [-0.1, -0.05) is 50.3 Å². The maximum Gasteiger partial charge on any atom is 0.257 e. The van der Waals surface area contributed by atoms with Crippen molar-refractivity contribution in [1.29, 1.82) is 0 Å². The van der Waals surface area contributed by atoms with Gasteiger partial charge in [0.15, 0.2) is 6.61 Å². The summed E-state index contributed by atoms with van der Waals surface area (Å²) in [6.45, 7) is 0.648. The van der Waals surface area contributed by atoms with E-state index in [0.717, 1.165) is 18.9 Å². The third-order valence-electron chi connectivity index (χ3n) is 4.10. The Balaban J connectivity index is 1.65. The number of aliphatic hydroxyl groups is 1. The Bertz CT molecular complexity index is 441.